The fourth-order valence-electron chi connectivity index (χ4n) is 2.44. The first-order valence-corrected chi connectivity index (χ1v) is 9.31. The molecule has 0 amide bonds. The van der Waals surface area contributed by atoms with Crippen molar-refractivity contribution in [3.8, 4) is 38.3 Å². The summed E-state index contributed by atoms with van der Waals surface area (Å²) < 4.78 is 18.9. The zero-order valence-corrected chi connectivity index (χ0v) is 14.9. The van der Waals surface area contributed by atoms with Crippen LogP contribution in [0.3, 0.4) is 0 Å². The smallest absolute Gasteiger partial charge is 0.165 e. The first-order chi connectivity index (χ1) is 12.2. The van der Waals surface area contributed by atoms with E-state index in [4.69, 9.17) is 4.74 Å². The molecular formula is C19H13FN2OS2. The number of hydrogen-bond donors (Lipinski definition) is 0. The molecule has 2 aromatic heterocycles. The minimum absolute atomic E-state index is 0.228. The van der Waals surface area contributed by atoms with Gasteiger partial charge < -0.3 is 4.74 Å². The minimum Gasteiger partial charge on any atom is -0.494 e. The maximum absolute atomic E-state index is 13.9. The van der Waals surface area contributed by atoms with E-state index in [1.807, 2.05) is 41.1 Å². The lowest BCUT2D eigenvalue weighted by atomic mass is 10.1. The second-order valence-corrected chi connectivity index (χ2v) is 7.01. The molecule has 6 heteroatoms. The summed E-state index contributed by atoms with van der Waals surface area (Å²) >= 11 is 3.06. The van der Waals surface area contributed by atoms with E-state index in [9.17, 15) is 4.39 Å². The summed E-state index contributed by atoms with van der Waals surface area (Å²) in [6.45, 7) is 0. The lowest BCUT2D eigenvalue weighted by molar-refractivity contribution is 0.386. The Morgan fingerprint density at radius 3 is 2.08 bits per heavy atom. The predicted octanol–water partition coefficient (Wildman–Crippen LogP) is 5.75. The molecule has 2 heterocycles. The van der Waals surface area contributed by atoms with Crippen LogP contribution in [0.25, 0.3) is 32.5 Å². The van der Waals surface area contributed by atoms with E-state index in [0.29, 0.717) is 0 Å². The third-order valence-electron chi connectivity index (χ3n) is 3.71. The van der Waals surface area contributed by atoms with Crippen molar-refractivity contribution in [2.75, 3.05) is 7.11 Å². The summed E-state index contributed by atoms with van der Waals surface area (Å²) in [6, 6.07) is 14.9. The van der Waals surface area contributed by atoms with Gasteiger partial charge in [0.05, 0.1) is 18.5 Å². The SMILES string of the molecule is COc1ccc(-c2csc(-c3nc(-c4ccccc4)cs3)n2)cc1F. The molecule has 25 heavy (non-hydrogen) atoms. The van der Waals surface area contributed by atoms with Crippen LogP contribution in [0.1, 0.15) is 0 Å². The lowest BCUT2D eigenvalue weighted by Gasteiger charge is -2.02. The van der Waals surface area contributed by atoms with Crippen molar-refractivity contribution >= 4 is 22.7 Å². The molecule has 4 aromatic rings. The van der Waals surface area contributed by atoms with Gasteiger partial charge in [-0.05, 0) is 18.2 Å². The molecule has 0 saturated heterocycles. The van der Waals surface area contributed by atoms with Crippen LogP contribution in [0.5, 0.6) is 5.75 Å². The monoisotopic (exact) mass is 368 g/mol. The fourth-order valence-corrected chi connectivity index (χ4v) is 4.15. The van der Waals surface area contributed by atoms with Gasteiger partial charge in [0.15, 0.2) is 21.6 Å². The van der Waals surface area contributed by atoms with E-state index < -0.39 is 5.82 Å². The van der Waals surface area contributed by atoms with Crippen LogP contribution in [0.4, 0.5) is 4.39 Å². The average molecular weight is 368 g/mol. The quantitative estimate of drug-likeness (QED) is 0.460. The molecule has 3 nitrogen and oxygen atoms in total. The Balaban J connectivity index is 1.64. The summed E-state index contributed by atoms with van der Waals surface area (Å²) in [4.78, 5) is 9.29. The molecule has 4 rings (SSSR count). The fraction of sp³-hybridized carbons (Fsp3) is 0.0526. The number of rotatable bonds is 4. The third-order valence-corrected chi connectivity index (χ3v) is 5.54. The maximum Gasteiger partial charge on any atom is 0.165 e. The molecule has 0 bridgehead atoms. The molecule has 0 atom stereocenters. The Hall–Kier alpha value is -2.57. The van der Waals surface area contributed by atoms with Crippen LogP contribution in [-0.2, 0) is 0 Å². The molecule has 0 saturated carbocycles. The van der Waals surface area contributed by atoms with E-state index in [-0.39, 0.29) is 5.75 Å². The Bertz CT molecular complexity index is 1010. The van der Waals surface area contributed by atoms with E-state index in [1.165, 1.54) is 24.5 Å². The molecule has 124 valence electrons. The number of methoxy groups -OCH3 is 1. The molecule has 0 unspecified atom stereocenters. The first kappa shape index (κ1) is 15.9. The molecule has 0 aliphatic heterocycles. The highest BCUT2D eigenvalue weighted by Crippen LogP contribution is 2.34. The van der Waals surface area contributed by atoms with E-state index in [0.717, 1.165) is 32.5 Å². The van der Waals surface area contributed by atoms with Crippen molar-refractivity contribution in [3.05, 3.63) is 65.1 Å². The van der Waals surface area contributed by atoms with Crippen LogP contribution in [0.15, 0.2) is 59.3 Å². The summed E-state index contributed by atoms with van der Waals surface area (Å²) in [6.07, 6.45) is 0. The third kappa shape index (κ3) is 3.18. The number of ether oxygens (including phenoxy) is 1. The number of hydrogen-bond acceptors (Lipinski definition) is 5. The molecule has 0 spiro atoms. The zero-order valence-electron chi connectivity index (χ0n) is 13.3. The number of nitrogens with zero attached hydrogens (tertiary/aromatic N) is 2. The van der Waals surface area contributed by atoms with Crippen LogP contribution < -0.4 is 4.74 Å². The highest BCUT2D eigenvalue weighted by Gasteiger charge is 2.13. The number of thiazole rings is 2. The molecule has 0 radical (unpaired) electrons. The Kier molecular flexibility index (Phi) is 4.29. The van der Waals surface area contributed by atoms with Gasteiger partial charge in [0.1, 0.15) is 0 Å². The second-order valence-electron chi connectivity index (χ2n) is 5.29. The van der Waals surface area contributed by atoms with Crippen LogP contribution in [0, 0.1) is 5.82 Å². The predicted molar refractivity (Wildman–Crippen MR) is 101 cm³/mol. The van der Waals surface area contributed by atoms with Crippen molar-refractivity contribution in [1.82, 2.24) is 9.97 Å². The highest BCUT2D eigenvalue weighted by molar-refractivity contribution is 7.20. The van der Waals surface area contributed by atoms with Gasteiger partial charge in [-0.25, -0.2) is 14.4 Å². The van der Waals surface area contributed by atoms with Gasteiger partial charge in [-0.15, -0.1) is 22.7 Å². The standard InChI is InChI=1S/C19H13FN2OS2/c1-23-17-8-7-13(9-14(17)20)16-11-25-19(22-16)18-21-15(10-24-18)12-5-3-2-4-6-12/h2-11H,1H3. The highest BCUT2D eigenvalue weighted by atomic mass is 32.1. The lowest BCUT2D eigenvalue weighted by Crippen LogP contribution is -1.88. The Morgan fingerprint density at radius 2 is 1.48 bits per heavy atom. The van der Waals surface area contributed by atoms with Crippen molar-refractivity contribution in [3.63, 3.8) is 0 Å². The van der Waals surface area contributed by atoms with Gasteiger partial charge in [0.25, 0.3) is 0 Å². The molecule has 0 aliphatic carbocycles. The molecular weight excluding hydrogens is 355 g/mol. The summed E-state index contributed by atoms with van der Waals surface area (Å²) in [5.41, 5.74) is 3.48. The first-order valence-electron chi connectivity index (χ1n) is 7.55. The van der Waals surface area contributed by atoms with Crippen molar-refractivity contribution < 1.29 is 9.13 Å². The largest absolute Gasteiger partial charge is 0.494 e. The topological polar surface area (TPSA) is 35.0 Å². The van der Waals surface area contributed by atoms with Crippen LogP contribution in [-0.4, -0.2) is 17.1 Å². The van der Waals surface area contributed by atoms with Crippen molar-refractivity contribution in [1.29, 1.82) is 0 Å². The minimum atomic E-state index is -0.393. The van der Waals surface area contributed by atoms with Crippen LogP contribution >= 0.6 is 22.7 Å². The second kappa shape index (κ2) is 6.74. The number of aromatic nitrogens is 2. The van der Waals surface area contributed by atoms with Gasteiger partial charge in [0, 0.05) is 21.9 Å². The van der Waals surface area contributed by atoms with Gasteiger partial charge in [0.2, 0.25) is 0 Å². The molecule has 2 aromatic carbocycles. The van der Waals surface area contributed by atoms with Crippen molar-refractivity contribution in [2.24, 2.45) is 0 Å². The van der Waals surface area contributed by atoms with Gasteiger partial charge in [-0.3, -0.25) is 0 Å². The van der Waals surface area contributed by atoms with Crippen LogP contribution in [0.2, 0.25) is 0 Å². The van der Waals surface area contributed by atoms with Gasteiger partial charge >= 0.3 is 0 Å². The molecule has 0 fully saturated rings. The van der Waals surface area contributed by atoms with Gasteiger partial charge in [-0.2, -0.15) is 0 Å². The van der Waals surface area contributed by atoms with Crippen molar-refractivity contribution in [2.45, 2.75) is 0 Å². The summed E-state index contributed by atoms with van der Waals surface area (Å²) in [5, 5.41) is 5.64. The Morgan fingerprint density at radius 1 is 0.840 bits per heavy atom. The Labute approximate surface area is 152 Å². The van der Waals surface area contributed by atoms with Gasteiger partial charge in [-0.1, -0.05) is 30.3 Å². The number of halogens is 1. The maximum atomic E-state index is 13.9. The normalized spacial score (nSPS) is 10.8. The van der Waals surface area contributed by atoms with E-state index >= 15 is 0 Å². The summed E-state index contributed by atoms with van der Waals surface area (Å²) in [7, 11) is 1.45. The molecule has 0 N–H and O–H groups in total. The van der Waals surface area contributed by atoms with E-state index in [1.54, 1.807) is 23.5 Å². The summed E-state index contributed by atoms with van der Waals surface area (Å²) in [5.74, 6) is -0.165. The van der Waals surface area contributed by atoms with E-state index in [2.05, 4.69) is 9.97 Å². The molecule has 0 aliphatic rings. The zero-order chi connectivity index (χ0) is 17.2. The number of benzene rings is 2. The average Bonchev–Trinajstić information content (AvgIpc) is 3.32.